The molecule has 1 saturated heterocycles. The van der Waals surface area contributed by atoms with Gasteiger partial charge in [0.25, 0.3) is 0 Å². The summed E-state index contributed by atoms with van der Waals surface area (Å²) in [5.41, 5.74) is 0. The first-order chi connectivity index (χ1) is 5.61. The van der Waals surface area contributed by atoms with Crippen molar-refractivity contribution in [3.05, 3.63) is 0 Å². The van der Waals surface area contributed by atoms with Gasteiger partial charge in [-0.3, -0.25) is 9.69 Å². The first kappa shape index (κ1) is 10.1. The van der Waals surface area contributed by atoms with Crippen molar-refractivity contribution in [3.8, 4) is 0 Å². The Morgan fingerprint density at radius 3 is 2.75 bits per heavy atom. The molecule has 0 aromatic rings. The number of nitrogens with zero attached hydrogens (tertiary/aromatic N) is 1. The zero-order valence-electron chi connectivity index (χ0n) is 8.04. The number of carbonyl (C=O) groups is 1. The molecule has 1 rings (SSSR count). The second-order valence-corrected chi connectivity index (χ2v) is 4.84. The zero-order chi connectivity index (χ0) is 9.14. The minimum atomic E-state index is 0.192. The zero-order valence-corrected chi connectivity index (χ0v) is 8.86. The minimum absolute atomic E-state index is 0.192. The maximum atomic E-state index is 11.6. The molecule has 0 aliphatic carbocycles. The van der Waals surface area contributed by atoms with Crippen molar-refractivity contribution in [3.63, 3.8) is 0 Å². The Hall–Kier alpha value is -0.0200. The highest BCUT2D eigenvalue weighted by Crippen LogP contribution is 2.21. The Bertz CT molecular complexity index is 170. The average molecular weight is 187 g/mol. The lowest BCUT2D eigenvalue weighted by Gasteiger charge is -2.17. The molecule has 1 heterocycles. The van der Waals surface area contributed by atoms with Crippen LogP contribution in [0.1, 0.15) is 20.3 Å². The molecule has 1 atom stereocenters. The summed E-state index contributed by atoms with van der Waals surface area (Å²) in [5, 5.41) is 0. The van der Waals surface area contributed by atoms with Gasteiger partial charge in [0, 0.05) is 18.1 Å². The number of carbonyl (C=O) groups excluding carboxylic acids is 1. The molecule has 1 aliphatic heterocycles. The van der Waals surface area contributed by atoms with Gasteiger partial charge in [-0.1, -0.05) is 13.8 Å². The van der Waals surface area contributed by atoms with E-state index in [2.05, 4.69) is 18.7 Å². The maximum absolute atomic E-state index is 11.6. The van der Waals surface area contributed by atoms with Crippen LogP contribution in [0.15, 0.2) is 0 Å². The van der Waals surface area contributed by atoms with Crippen LogP contribution in [0.2, 0.25) is 0 Å². The summed E-state index contributed by atoms with van der Waals surface area (Å²) in [5.74, 6) is 2.91. The van der Waals surface area contributed by atoms with Crippen molar-refractivity contribution in [2.75, 3.05) is 18.7 Å². The fourth-order valence-electron chi connectivity index (χ4n) is 1.40. The number of ketones is 1. The summed E-state index contributed by atoms with van der Waals surface area (Å²) in [7, 11) is 2.03. The molecule has 70 valence electrons. The summed E-state index contributed by atoms with van der Waals surface area (Å²) < 4.78 is 0. The highest BCUT2D eigenvalue weighted by atomic mass is 32.2. The molecule has 0 saturated carbocycles. The van der Waals surface area contributed by atoms with Crippen molar-refractivity contribution in [2.45, 2.75) is 26.3 Å². The van der Waals surface area contributed by atoms with Crippen LogP contribution in [0, 0.1) is 5.92 Å². The molecule has 0 aromatic carbocycles. The van der Waals surface area contributed by atoms with Crippen LogP contribution in [-0.4, -0.2) is 35.4 Å². The van der Waals surface area contributed by atoms with Gasteiger partial charge in [0.15, 0.2) is 5.78 Å². The molecule has 0 aromatic heterocycles. The molecule has 0 N–H and O–H groups in total. The average Bonchev–Trinajstić information content (AvgIpc) is 2.33. The number of rotatable bonds is 3. The Balaban J connectivity index is 2.41. The number of Topliss-reactive ketones (excluding diaryl/α,β-unsaturated/α-hetero) is 1. The molecule has 1 fully saturated rings. The minimum Gasteiger partial charge on any atom is -0.298 e. The van der Waals surface area contributed by atoms with E-state index in [0.29, 0.717) is 11.7 Å². The molecule has 0 bridgehead atoms. The highest BCUT2D eigenvalue weighted by Gasteiger charge is 2.27. The van der Waals surface area contributed by atoms with Crippen molar-refractivity contribution >= 4 is 17.5 Å². The first-order valence-corrected chi connectivity index (χ1v) is 5.57. The predicted octanol–water partition coefficient (Wildman–Crippen LogP) is 1.61. The summed E-state index contributed by atoms with van der Waals surface area (Å²) in [6, 6.07) is 0.192. The Morgan fingerprint density at radius 2 is 2.33 bits per heavy atom. The summed E-state index contributed by atoms with van der Waals surface area (Å²) in [6.07, 6.45) is 0.732. The van der Waals surface area contributed by atoms with Crippen LogP contribution in [0.5, 0.6) is 0 Å². The molecule has 0 spiro atoms. The lowest BCUT2D eigenvalue weighted by Crippen LogP contribution is -2.35. The number of likely N-dealkylation sites (N-methyl/N-ethyl adjacent to an activating group) is 1. The Labute approximate surface area is 78.7 Å². The number of hydrogen-bond acceptors (Lipinski definition) is 3. The van der Waals surface area contributed by atoms with Crippen LogP contribution >= 0.6 is 11.8 Å². The van der Waals surface area contributed by atoms with E-state index in [-0.39, 0.29) is 6.04 Å². The molecule has 1 unspecified atom stereocenters. The fraction of sp³-hybridized carbons (Fsp3) is 0.889. The quantitative estimate of drug-likeness (QED) is 0.669. The molecular formula is C9H17NOS. The highest BCUT2D eigenvalue weighted by molar-refractivity contribution is 7.99. The molecular weight excluding hydrogens is 170 g/mol. The number of hydrogen-bond donors (Lipinski definition) is 0. The molecule has 0 radical (unpaired) electrons. The molecule has 3 heteroatoms. The lowest BCUT2D eigenvalue weighted by molar-refractivity contribution is -0.123. The van der Waals surface area contributed by atoms with Crippen LogP contribution in [-0.2, 0) is 4.79 Å². The lowest BCUT2D eigenvalue weighted by atomic mass is 10.0. The summed E-state index contributed by atoms with van der Waals surface area (Å²) in [4.78, 5) is 13.8. The van der Waals surface area contributed by atoms with Gasteiger partial charge < -0.3 is 0 Å². The predicted molar refractivity (Wildman–Crippen MR) is 53.3 cm³/mol. The van der Waals surface area contributed by atoms with Gasteiger partial charge in [-0.15, -0.1) is 11.8 Å². The largest absolute Gasteiger partial charge is 0.298 e. The standard InChI is InChI=1S/C9H17NOS/c1-7(2)4-9(11)8-5-12-6-10(8)3/h7-8H,4-6H2,1-3H3. The van der Waals surface area contributed by atoms with Crippen LogP contribution < -0.4 is 0 Å². The van der Waals surface area contributed by atoms with Gasteiger partial charge in [0.1, 0.15) is 0 Å². The monoisotopic (exact) mass is 187 g/mol. The normalized spacial score (nSPS) is 25.2. The topological polar surface area (TPSA) is 20.3 Å². The van der Waals surface area contributed by atoms with Gasteiger partial charge >= 0.3 is 0 Å². The van der Waals surface area contributed by atoms with E-state index in [1.165, 1.54) is 0 Å². The first-order valence-electron chi connectivity index (χ1n) is 4.42. The van der Waals surface area contributed by atoms with Gasteiger partial charge in [-0.25, -0.2) is 0 Å². The van der Waals surface area contributed by atoms with Crippen LogP contribution in [0.4, 0.5) is 0 Å². The molecule has 12 heavy (non-hydrogen) atoms. The van der Waals surface area contributed by atoms with Gasteiger partial charge in [0.05, 0.1) is 6.04 Å². The number of thioether (sulfide) groups is 1. The Morgan fingerprint density at radius 1 is 1.67 bits per heavy atom. The third-order valence-electron chi connectivity index (χ3n) is 2.08. The smallest absolute Gasteiger partial charge is 0.151 e. The van der Waals surface area contributed by atoms with E-state index in [1.54, 1.807) is 0 Å². The molecule has 0 amide bonds. The van der Waals surface area contributed by atoms with E-state index in [1.807, 2.05) is 18.8 Å². The third-order valence-corrected chi connectivity index (χ3v) is 3.23. The van der Waals surface area contributed by atoms with Crippen LogP contribution in [0.25, 0.3) is 0 Å². The van der Waals surface area contributed by atoms with E-state index in [4.69, 9.17) is 0 Å². The van der Waals surface area contributed by atoms with E-state index >= 15 is 0 Å². The second-order valence-electron chi connectivity index (χ2n) is 3.84. The summed E-state index contributed by atoms with van der Waals surface area (Å²) >= 11 is 1.85. The third kappa shape index (κ3) is 2.49. The van der Waals surface area contributed by atoms with Crippen molar-refractivity contribution < 1.29 is 4.79 Å². The van der Waals surface area contributed by atoms with Gasteiger partial charge in [-0.2, -0.15) is 0 Å². The van der Waals surface area contributed by atoms with Crippen LogP contribution in [0.3, 0.4) is 0 Å². The summed E-state index contributed by atoms with van der Waals surface area (Å²) in [6.45, 7) is 4.19. The second kappa shape index (κ2) is 4.28. The van der Waals surface area contributed by atoms with Crippen molar-refractivity contribution in [1.82, 2.24) is 4.90 Å². The van der Waals surface area contributed by atoms with Crippen molar-refractivity contribution in [2.24, 2.45) is 5.92 Å². The van der Waals surface area contributed by atoms with Gasteiger partial charge in [0.2, 0.25) is 0 Å². The van der Waals surface area contributed by atoms with Crippen molar-refractivity contribution in [1.29, 1.82) is 0 Å². The van der Waals surface area contributed by atoms with E-state index in [9.17, 15) is 4.79 Å². The van der Waals surface area contributed by atoms with E-state index in [0.717, 1.165) is 18.1 Å². The van der Waals surface area contributed by atoms with E-state index < -0.39 is 0 Å². The van der Waals surface area contributed by atoms with Gasteiger partial charge in [-0.05, 0) is 13.0 Å². The fourth-order valence-corrected chi connectivity index (χ4v) is 2.64. The molecule has 1 aliphatic rings. The maximum Gasteiger partial charge on any atom is 0.151 e. The molecule has 2 nitrogen and oxygen atoms in total. The SMILES string of the molecule is CC(C)CC(=O)C1CSCN1C. The Kier molecular flexibility index (Phi) is 3.59.